The number of hydrogen-bond donors (Lipinski definition) is 0. The summed E-state index contributed by atoms with van der Waals surface area (Å²) in [4.78, 5) is 24.0. The topological polar surface area (TPSA) is 52.6 Å². The molecular formula is C14H10Br4O4. The van der Waals surface area contributed by atoms with Gasteiger partial charge >= 0.3 is 11.9 Å². The van der Waals surface area contributed by atoms with E-state index in [4.69, 9.17) is 9.47 Å². The fraction of sp³-hybridized carbons (Fsp3) is 0.286. The fourth-order valence-electron chi connectivity index (χ4n) is 2.30. The van der Waals surface area contributed by atoms with Crippen molar-refractivity contribution in [1.82, 2.24) is 0 Å². The van der Waals surface area contributed by atoms with Crippen molar-refractivity contribution in [3.8, 4) is 0 Å². The van der Waals surface area contributed by atoms with Gasteiger partial charge in [0.1, 0.15) is 0 Å². The van der Waals surface area contributed by atoms with Crippen LogP contribution in [0.1, 0.15) is 11.1 Å². The van der Waals surface area contributed by atoms with Crippen LogP contribution in [0.4, 0.5) is 0 Å². The lowest BCUT2D eigenvalue weighted by atomic mass is 9.86. The molecule has 8 heteroatoms. The predicted molar refractivity (Wildman–Crippen MR) is 95.7 cm³/mol. The number of carbonyl (C=O) groups is 2. The van der Waals surface area contributed by atoms with Gasteiger partial charge in [-0.2, -0.15) is 0 Å². The Labute approximate surface area is 161 Å². The molecular weight excluding hydrogens is 552 g/mol. The van der Waals surface area contributed by atoms with E-state index in [1.54, 1.807) is 0 Å². The normalized spacial score (nSPS) is 13.7. The summed E-state index contributed by atoms with van der Waals surface area (Å²) in [6.45, 7) is 0. The van der Waals surface area contributed by atoms with Crippen molar-refractivity contribution in [3.05, 3.63) is 40.2 Å². The van der Waals surface area contributed by atoms with Gasteiger partial charge in [-0.05, 0) is 74.8 Å². The summed E-state index contributed by atoms with van der Waals surface area (Å²) in [6, 6.07) is 0. The zero-order valence-corrected chi connectivity index (χ0v) is 17.9. The van der Waals surface area contributed by atoms with E-state index in [0.717, 1.165) is 29.0 Å². The molecule has 118 valence electrons. The Morgan fingerprint density at radius 2 is 1.05 bits per heavy atom. The highest BCUT2D eigenvalue weighted by Gasteiger charge is 2.32. The minimum atomic E-state index is -0.520. The van der Waals surface area contributed by atoms with Crippen LogP contribution in [0.25, 0.3) is 0 Å². The highest BCUT2D eigenvalue weighted by molar-refractivity contribution is 9.15. The van der Waals surface area contributed by atoms with Gasteiger partial charge in [0.15, 0.2) is 0 Å². The van der Waals surface area contributed by atoms with E-state index in [9.17, 15) is 9.59 Å². The minimum Gasteiger partial charge on any atom is -0.466 e. The van der Waals surface area contributed by atoms with E-state index in [2.05, 4.69) is 63.7 Å². The first-order valence-corrected chi connectivity index (χ1v) is 9.23. The first-order chi connectivity index (χ1) is 10.3. The van der Waals surface area contributed by atoms with Crippen molar-refractivity contribution in [3.63, 3.8) is 0 Å². The monoisotopic (exact) mass is 558 g/mol. The fourth-order valence-corrected chi connectivity index (χ4v) is 4.86. The third-order valence-corrected chi connectivity index (χ3v) is 8.34. The molecule has 0 saturated heterocycles. The SMILES string of the molecule is COC(=O)C1=C(C(=O)OC)Cc2c(Br)c(Br)c(Br)c(Br)c2C1. The van der Waals surface area contributed by atoms with Crippen LogP contribution in [-0.4, -0.2) is 26.2 Å². The van der Waals surface area contributed by atoms with Crippen LogP contribution < -0.4 is 0 Å². The second kappa shape index (κ2) is 7.15. The zero-order chi connectivity index (χ0) is 16.6. The summed E-state index contributed by atoms with van der Waals surface area (Å²) in [7, 11) is 2.59. The molecule has 22 heavy (non-hydrogen) atoms. The van der Waals surface area contributed by atoms with Gasteiger partial charge in [0.25, 0.3) is 0 Å². The molecule has 0 amide bonds. The highest BCUT2D eigenvalue weighted by atomic mass is 79.9. The van der Waals surface area contributed by atoms with Crippen molar-refractivity contribution < 1.29 is 19.1 Å². The first-order valence-electron chi connectivity index (χ1n) is 6.05. The molecule has 0 unspecified atom stereocenters. The summed E-state index contributed by atoms with van der Waals surface area (Å²) in [5, 5.41) is 0. The maximum Gasteiger partial charge on any atom is 0.334 e. The molecule has 0 aliphatic heterocycles. The molecule has 1 aliphatic rings. The van der Waals surface area contributed by atoms with Crippen LogP contribution >= 0.6 is 63.7 Å². The molecule has 0 radical (unpaired) electrons. The third kappa shape index (κ3) is 3.07. The Balaban J connectivity index is 2.67. The molecule has 0 spiro atoms. The molecule has 0 fully saturated rings. The number of ether oxygens (including phenoxy) is 2. The molecule has 2 rings (SSSR count). The van der Waals surface area contributed by atoms with Crippen molar-refractivity contribution in [1.29, 1.82) is 0 Å². The van der Waals surface area contributed by atoms with Gasteiger partial charge < -0.3 is 9.47 Å². The molecule has 0 aromatic heterocycles. The van der Waals surface area contributed by atoms with Gasteiger partial charge in [0, 0.05) is 30.7 Å². The van der Waals surface area contributed by atoms with Crippen molar-refractivity contribution in [2.24, 2.45) is 0 Å². The minimum absolute atomic E-state index is 0.289. The number of esters is 2. The molecule has 0 saturated carbocycles. The van der Waals surface area contributed by atoms with Crippen molar-refractivity contribution >= 4 is 75.7 Å². The van der Waals surface area contributed by atoms with Crippen LogP contribution in [0.5, 0.6) is 0 Å². The highest BCUT2D eigenvalue weighted by Crippen LogP contribution is 2.45. The first kappa shape index (κ1) is 18.2. The Bertz CT molecular complexity index is 651. The maximum absolute atomic E-state index is 12.0. The van der Waals surface area contributed by atoms with Gasteiger partial charge in [0.05, 0.1) is 25.4 Å². The summed E-state index contributed by atoms with van der Waals surface area (Å²) in [6.07, 6.45) is 0.578. The van der Waals surface area contributed by atoms with Gasteiger partial charge in [0.2, 0.25) is 0 Å². The molecule has 1 aromatic carbocycles. The smallest absolute Gasteiger partial charge is 0.334 e. The zero-order valence-electron chi connectivity index (χ0n) is 11.6. The van der Waals surface area contributed by atoms with E-state index in [1.807, 2.05) is 0 Å². The molecule has 0 N–H and O–H groups in total. The van der Waals surface area contributed by atoms with Crippen molar-refractivity contribution in [2.45, 2.75) is 12.8 Å². The van der Waals surface area contributed by atoms with E-state index in [-0.39, 0.29) is 12.8 Å². The number of rotatable bonds is 2. The van der Waals surface area contributed by atoms with Crippen LogP contribution in [-0.2, 0) is 31.9 Å². The van der Waals surface area contributed by atoms with Gasteiger partial charge in [-0.15, -0.1) is 0 Å². The Kier molecular flexibility index (Phi) is 5.90. The second-order valence-corrected chi connectivity index (χ2v) is 7.68. The summed E-state index contributed by atoms with van der Waals surface area (Å²) in [5.41, 5.74) is 2.50. The number of benzene rings is 1. The number of fused-ring (bicyclic) bond motifs is 1. The summed E-state index contributed by atoms with van der Waals surface area (Å²) in [5.74, 6) is -1.04. The second-order valence-electron chi connectivity index (χ2n) is 4.51. The molecule has 0 atom stereocenters. The maximum atomic E-state index is 12.0. The number of hydrogen-bond acceptors (Lipinski definition) is 4. The third-order valence-electron chi connectivity index (χ3n) is 3.41. The summed E-state index contributed by atoms with van der Waals surface area (Å²) < 4.78 is 12.9. The molecule has 4 nitrogen and oxygen atoms in total. The Morgan fingerprint density at radius 1 is 0.727 bits per heavy atom. The van der Waals surface area contributed by atoms with E-state index in [0.29, 0.717) is 11.1 Å². The van der Waals surface area contributed by atoms with Gasteiger partial charge in [-0.1, -0.05) is 0 Å². The largest absolute Gasteiger partial charge is 0.466 e. The van der Waals surface area contributed by atoms with Crippen molar-refractivity contribution in [2.75, 3.05) is 14.2 Å². The average molecular weight is 562 g/mol. The van der Waals surface area contributed by atoms with Gasteiger partial charge in [-0.25, -0.2) is 9.59 Å². The van der Waals surface area contributed by atoms with Gasteiger partial charge in [-0.3, -0.25) is 0 Å². The molecule has 1 aromatic rings. The number of carbonyl (C=O) groups excluding carboxylic acids is 2. The standard InChI is InChI=1S/C14H10Br4O4/c1-21-13(19)7-3-5-6(4-8(7)14(20)22-2)10(16)12(18)11(17)9(5)15/h3-4H2,1-2H3. The quantitative estimate of drug-likeness (QED) is 0.304. The van der Waals surface area contributed by atoms with Crippen LogP contribution in [0, 0.1) is 0 Å². The Hall–Kier alpha value is -0.180. The van der Waals surface area contributed by atoms with E-state index < -0.39 is 11.9 Å². The molecule has 1 aliphatic carbocycles. The lowest BCUT2D eigenvalue weighted by molar-refractivity contribution is -0.139. The lowest BCUT2D eigenvalue weighted by Crippen LogP contribution is -2.23. The van der Waals surface area contributed by atoms with Crippen LogP contribution in [0.15, 0.2) is 29.0 Å². The number of methoxy groups -OCH3 is 2. The van der Waals surface area contributed by atoms with Crippen LogP contribution in [0.2, 0.25) is 0 Å². The molecule has 0 heterocycles. The van der Waals surface area contributed by atoms with E-state index >= 15 is 0 Å². The molecule has 0 bridgehead atoms. The van der Waals surface area contributed by atoms with E-state index in [1.165, 1.54) is 14.2 Å². The average Bonchev–Trinajstić information content (AvgIpc) is 2.55. The predicted octanol–water partition coefficient (Wildman–Crippen LogP) is 4.48. The Morgan fingerprint density at radius 3 is 1.32 bits per heavy atom. The van der Waals surface area contributed by atoms with Crippen LogP contribution in [0.3, 0.4) is 0 Å². The summed E-state index contributed by atoms with van der Waals surface area (Å²) >= 11 is 14.1. The number of halogens is 4. The lowest BCUT2D eigenvalue weighted by Gasteiger charge is -2.24.